The largest absolute Gasteiger partial charge is 0.215 e. The summed E-state index contributed by atoms with van der Waals surface area (Å²) in [5.41, 5.74) is 8.55. The predicted octanol–water partition coefficient (Wildman–Crippen LogP) is 5.72. The highest BCUT2D eigenvalue weighted by molar-refractivity contribution is 5.98. The van der Waals surface area contributed by atoms with Crippen LogP contribution in [0.1, 0.15) is 31.9 Å². The van der Waals surface area contributed by atoms with Gasteiger partial charge in [-0.05, 0) is 50.1 Å². The Morgan fingerprint density at radius 1 is 1.14 bits per heavy atom. The van der Waals surface area contributed by atoms with E-state index in [9.17, 15) is 0 Å². The molecule has 0 unspecified atom stereocenters. The van der Waals surface area contributed by atoms with Crippen LogP contribution in [0, 0.1) is 6.92 Å². The fourth-order valence-corrected chi connectivity index (χ4v) is 3.58. The van der Waals surface area contributed by atoms with Gasteiger partial charge in [-0.25, -0.2) is 9.14 Å². The molecule has 0 aliphatic rings. The number of hydrogen-bond donors (Lipinski definition) is 0. The van der Waals surface area contributed by atoms with Crippen molar-refractivity contribution in [3.63, 3.8) is 0 Å². The second-order valence-electron chi connectivity index (χ2n) is 7.38. The van der Waals surface area contributed by atoms with Gasteiger partial charge in [-0.15, -0.1) is 0 Å². The molecule has 2 rings (SSSR count). The number of hydrogen-bond acceptors (Lipinski definition) is 0. The van der Waals surface area contributed by atoms with E-state index in [1.165, 1.54) is 22.4 Å². The number of nitrogens with zero attached hydrogens (tertiary/aromatic N) is 2. The van der Waals surface area contributed by atoms with E-state index in [0.29, 0.717) is 0 Å². The van der Waals surface area contributed by atoms with Gasteiger partial charge in [0.15, 0.2) is 24.7 Å². The molecule has 0 N–H and O–H groups in total. The summed E-state index contributed by atoms with van der Waals surface area (Å²) in [5, 5.41) is 0. The van der Waals surface area contributed by atoms with Gasteiger partial charge >= 0.3 is 0 Å². The van der Waals surface area contributed by atoms with Crippen molar-refractivity contribution >= 4 is 5.71 Å². The zero-order chi connectivity index (χ0) is 21.4. The zero-order valence-corrected chi connectivity index (χ0v) is 18.6. The second-order valence-corrected chi connectivity index (χ2v) is 7.38. The first kappa shape index (κ1) is 22.3. The van der Waals surface area contributed by atoms with E-state index in [1.807, 2.05) is 12.2 Å². The number of aryl methyl sites for hydroxylation is 2. The Kier molecular flexibility index (Phi) is 8.09. The Hall–Kier alpha value is -3.00. The third-order valence-electron chi connectivity index (χ3n) is 5.33. The summed E-state index contributed by atoms with van der Waals surface area (Å²) in [6.07, 6.45) is 11.1. The third kappa shape index (κ3) is 5.51. The molecule has 1 heterocycles. The molecule has 0 radical (unpaired) electrons. The number of allylic oxidation sites excluding steroid dienone is 5. The van der Waals surface area contributed by atoms with Gasteiger partial charge in [0.2, 0.25) is 5.69 Å². The minimum Gasteiger partial charge on any atom is -0.202 e. The first-order valence-corrected chi connectivity index (χ1v) is 10.2. The first-order valence-electron chi connectivity index (χ1n) is 10.2. The fourth-order valence-electron chi connectivity index (χ4n) is 3.58. The van der Waals surface area contributed by atoms with Gasteiger partial charge in [-0.3, -0.25) is 0 Å². The maximum atomic E-state index is 4.29. The van der Waals surface area contributed by atoms with Crippen LogP contribution < -0.4 is 4.57 Å². The average Bonchev–Trinajstić information content (AvgIpc) is 2.71. The lowest BCUT2D eigenvalue weighted by Crippen LogP contribution is -2.32. The first-order chi connectivity index (χ1) is 13.9. The van der Waals surface area contributed by atoms with Crippen LogP contribution in [0.2, 0.25) is 0 Å². The Balaban J connectivity index is 2.41. The van der Waals surface area contributed by atoms with E-state index in [-0.39, 0.29) is 0 Å². The quantitative estimate of drug-likeness (QED) is 0.311. The van der Waals surface area contributed by atoms with E-state index in [2.05, 4.69) is 112 Å². The van der Waals surface area contributed by atoms with Gasteiger partial charge < -0.3 is 0 Å². The summed E-state index contributed by atoms with van der Waals surface area (Å²) < 4.78 is 4.52. The summed E-state index contributed by atoms with van der Waals surface area (Å²) in [6, 6.07) is 13.0. The molecule has 2 nitrogen and oxygen atoms in total. The Morgan fingerprint density at radius 3 is 2.52 bits per heavy atom. The Bertz CT molecular complexity index is 987. The molecule has 2 heteroatoms. The molecule has 0 spiro atoms. The number of benzene rings is 1. The molecule has 0 aliphatic heterocycles. The van der Waals surface area contributed by atoms with Crippen molar-refractivity contribution < 1.29 is 9.14 Å². The van der Waals surface area contributed by atoms with E-state index in [0.717, 1.165) is 29.8 Å². The van der Waals surface area contributed by atoms with Crippen molar-refractivity contribution in [2.24, 2.45) is 7.05 Å². The van der Waals surface area contributed by atoms with Gasteiger partial charge in [-0.2, -0.15) is 0 Å². The van der Waals surface area contributed by atoms with Crippen molar-refractivity contribution in [3.8, 4) is 11.3 Å². The van der Waals surface area contributed by atoms with Crippen LogP contribution in [0.15, 0.2) is 91.3 Å². The maximum absolute atomic E-state index is 4.29. The highest BCUT2D eigenvalue weighted by Gasteiger charge is 2.20. The lowest BCUT2D eigenvalue weighted by atomic mass is 9.99. The van der Waals surface area contributed by atoms with Gasteiger partial charge in [0.05, 0.1) is 0 Å². The lowest BCUT2D eigenvalue weighted by Gasteiger charge is -2.10. The van der Waals surface area contributed by atoms with Crippen LogP contribution in [0.5, 0.6) is 0 Å². The van der Waals surface area contributed by atoms with Crippen LogP contribution in [0.3, 0.4) is 0 Å². The molecule has 0 saturated carbocycles. The maximum Gasteiger partial charge on any atom is 0.215 e. The van der Waals surface area contributed by atoms with Crippen molar-refractivity contribution in [1.82, 2.24) is 0 Å². The van der Waals surface area contributed by atoms with Crippen LogP contribution in [-0.2, 0) is 13.5 Å². The molecule has 0 atom stereocenters. The molecule has 29 heavy (non-hydrogen) atoms. The van der Waals surface area contributed by atoms with Gasteiger partial charge in [0.25, 0.3) is 0 Å². The molecular weight excluding hydrogens is 352 g/mol. The second kappa shape index (κ2) is 10.5. The Labute approximate surface area is 176 Å². The van der Waals surface area contributed by atoms with E-state index in [4.69, 9.17) is 0 Å². The van der Waals surface area contributed by atoms with Crippen LogP contribution >= 0.6 is 0 Å². The van der Waals surface area contributed by atoms with Gasteiger partial charge in [0.1, 0.15) is 7.05 Å². The summed E-state index contributed by atoms with van der Waals surface area (Å²) in [6.45, 7) is 17.4. The van der Waals surface area contributed by atoms with Gasteiger partial charge in [-0.1, -0.05) is 43.5 Å². The smallest absolute Gasteiger partial charge is 0.202 e. The summed E-state index contributed by atoms with van der Waals surface area (Å²) in [5.74, 6) is 0. The summed E-state index contributed by atoms with van der Waals surface area (Å²) in [7, 11) is 2.12. The topological polar surface area (TPSA) is 6.89 Å². The molecule has 2 aromatic rings. The Morgan fingerprint density at radius 2 is 1.86 bits per heavy atom. The molecule has 0 bridgehead atoms. The molecule has 0 amide bonds. The highest BCUT2D eigenvalue weighted by Crippen LogP contribution is 2.23. The van der Waals surface area contributed by atoms with Crippen LogP contribution in [0.25, 0.3) is 11.3 Å². The number of rotatable bonds is 8. The number of aromatic nitrogens is 1. The van der Waals surface area contributed by atoms with Gasteiger partial charge in [0, 0.05) is 36.1 Å². The normalized spacial score (nSPS) is 12.8. The lowest BCUT2D eigenvalue weighted by molar-refractivity contribution is -0.660. The third-order valence-corrected chi connectivity index (χ3v) is 5.33. The molecule has 0 fully saturated rings. The molecular formula is C27H34N2+2. The highest BCUT2D eigenvalue weighted by atomic mass is 15.0. The minimum absolute atomic E-state index is 0.888. The standard InChI is InChI=1S/C27H34N2/c1-8-13-21(3)23(5)24(6)29(18-9-2)20-17-25-15-12-19-28(7)27(25)26-16-11-10-14-22(26)4/h8-16,18-19H,1,5,17,20H2,2-4,6-7H3/q+2. The predicted molar refractivity (Wildman–Crippen MR) is 125 cm³/mol. The van der Waals surface area contributed by atoms with Crippen molar-refractivity contribution in [2.45, 2.75) is 34.1 Å². The molecule has 0 aliphatic carbocycles. The fraction of sp³-hybridized carbons (Fsp3) is 0.259. The van der Waals surface area contributed by atoms with E-state index < -0.39 is 0 Å². The summed E-state index contributed by atoms with van der Waals surface area (Å²) >= 11 is 0. The molecule has 0 saturated heterocycles. The molecule has 1 aromatic carbocycles. The van der Waals surface area contributed by atoms with Crippen molar-refractivity contribution in [2.75, 3.05) is 6.54 Å². The van der Waals surface area contributed by atoms with E-state index in [1.54, 1.807) is 0 Å². The van der Waals surface area contributed by atoms with Crippen LogP contribution in [-0.4, -0.2) is 16.8 Å². The molecule has 150 valence electrons. The summed E-state index contributed by atoms with van der Waals surface area (Å²) in [4.78, 5) is 0. The monoisotopic (exact) mass is 386 g/mol. The number of pyridine rings is 1. The van der Waals surface area contributed by atoms with E-state index >= 15 is 0 Å². The average molecular weight is 387 g/mol. The van der Waals surface area contributed by atoms with Crippen LogP contribution in [0.4, 0.5) is 0 Å². The SMILES string of the molecule is C=CC=C(C)C(=C)C(C)=[N+](C=CC)CCc1ccc[n+](C)c1-c1ccccc1C. The molecule has 1 aromatic heterocycles. The van der Waals surface area contributed by atoms with Crippen molar-refractivity contribution in [3.05, 3.63) is 102 Å². The zero-order valence-electron chi connectivity index (χ0n) is 18.6. The van der Waals surface area contributed by atoms with Crippen molar-refractivity contribution in [1.29, 1.82) is 0 Å². The minimum atomic E-state index is 0.888.